The summed E-state index contributed by atoms with van der Waals surface area (Å²) in [5.74, 6) is -0.908. The lowest BCUT2D eigenvalue weighted by atomic mass is 10.0. The van der Waals surface area contributed by atoms with Gasteiger partial charge in [0.05, 0.1) is 19.8 Å². The number of ether oxygens (including phenoxy) is 2. The first-order valence-corrected chi connectivity index (χ1v) is 27.6. The lowest BCUT2D eigenvalue weighted by molar-refractivity contribution is -0.161. The van der Waals surface area contributed by atoms with Crippen LogP contribution in [-0.4, -0.2) is 65.7 Å². The van der Waals surface area contributed by atoms with Gasteiger partial charge in [-0.1, -0.05) is 225 Å². The SMILES string of the molecule is CCCCCCCCCC/C=C\CCCCCCCCCCCCCC(=O)OC(COC(=O)CCCCCCCCCCCCCCCCCC)COP(=O)(O)OCC(O)CO. The van der Waals surface area contributed by atoms with Crippen LogP contribution in [-0.2, 0) is 32.7 Å². The van der Waals surface area contributed by atoms with E-state index in [9.17, 15) is 24.2 Å². The maximum atomic E-state index is 12.7. The summed E-state index contributed by atoms with van der Waals surface area (Å²) in [7, 11) is -4.62. The molecule has 3 N–H and O–H groups in total. The van der Waals surface area contributed by atoms with Crippen LogP contribution in [0.4, 0.5) is 0 Å². The number of hydrogen-bond donors (Lipinski definition) is 3. The highest BCUT2D eigenvalue weighted by Gasteiger charge is 2.27. The predicted molar refractivity (Wildman–Crippen MR) is 256 cm³/mol. The summed E-state index contributed by atoms with van der Waals surface area (Å²) in [6, 6.07) is 0. The first kappa shape index (κ1) is 60.7. The molecule has 0 radical (unpaired) electrons. The van der Waals surface area contributed by atoms with Gasteiger partial charge in [-0.05, 0) is 38.5 Å². The van der Waals surface area contributed by atoms with Gasteiger partial charge >= 0.3 is 19.8 Å². The summed E-state index contributed by atoms with van der Waals surface area (Å²) in [6.45, 7) is 2.44. The summed E-state index contributed by atoms with van der Waals surface area (Å²) in [5.41, 5.74) is 0. The number of aliphatic hydroxyl groups excluding tert-OH is 2. The van der Waals surface area contributed by atoms with E-state index in [2.05, 4.69) is 26.0 Å². The molecule has 11 heteroatoms. The highest BCUT2D eigenvalue weighted by Crippen LogP contribution is 2.43. The van der Waals surface area contributed by atoms with E-state index < -0.39 is 51.8 Å². The number of phosphoric acid groups is 1. The van der Waals surface area contributed by atoms with Crippen molar-refractivity contribution in [2.45, 2.75) is 276 Å². The van der Waals surface area contributed by atoms with E-state index >= 15 is 0 Å². The van der Waals surface area contributed by atoms with Crippen LogP contribution in [0.3, 0.4) is 0 Å². The van der Waals surface area contributed by atoms with Gasteiger partial charge in [0.2, 0.25) is 0 Å². The molecule has 0 fully saturated rings. The fraction of sp³-hybridized carbons (Fsp3) is 0.922. The van der Waals surface area contributed by atoms with Gasteiger partial charge in [-0.15, -0.1) is 0 Å². The van der Waals surface area contributed by atoms with E-state index in [-0.39, 0.29) is 19.4 Å². The van der Waals surface area contributed by atoms with E-state index in [0.717, 1.165) is 32.1 Å². The Kier molecular flexibility index (Phi) is 46.7. The third-order valence-corrected chi connectivity index (χ3v) is 12.6. The minimum atomic E-state index is -4.62. The van der Waals surface area contributed by atoms with Gasteiger partial charge in [0, 0.05) is 12.8 Å². The normalized spacial score (nSPS) is 13.7. The van der Waals surface area contributed by atoms with Crippen molar-refractivity contribution in [1.82, 2.24) is 0 Å². The highest BCUT2D eigenvalue weighted by atomic mass is 31.2. The molecule has 0 aromatic heterocycles. The van der Waals surface area contributed by atoms with Gasteiger partial charge in [-0.3, -0.25) is 18.6 Å². The Balaban J connectivity index is 4.12. The summed E-state index contributed by atoms with van der Waals surface area (Å²) in [5, 5.41) is 18.4. The van der Waals surface area contributed by atoms with Crippen LogP contribution >= 0.6 is 7.82 Å². The average molecular weight is 903 g/mol. The smallest absolute Gasteiger partial charge is 0.462 e. The second kappa shape index (κ2) is 47.7. The Bertz CT molecular complexity index is 1040. The second-order valence-corrected chi connectivity index (χ2v) is 19.4. The molecular weight excluding hydrogens is 804 g/mol. The van der Waals surface area contributed by atoms with Crippen LogP contribution in [0.1, 0.15) is 264 Å². The monoisotopic (exact) mass is 903 g/mol. The van der Waals surface area contributed by atoms with Crippen molar-refractivity contribution in [2.24, 2.45) is 0 Å². The van der Waals surface area contributed by atoms with Crippen LogP contribution < -0.4 is 0 Å². The first-order valence-electron chi connectivity index (χ1n) is 26.1. The molecule has 0 bridgehead atoms. The molecule has 0 aliphatic carbocycles. The van der Waals surface area contributed by atoms with Crippen molar-refractivity contribution in [2.75, 3.05) is 26.4 Å². The Morgan fingerprint density at radius 1 is 0.468 bits per heavy atom. The molecular formula is C51H99O10P. The zero-order chi connectivity index (χ0) is 45.5. The molecule has 10 nitrogen and oxygen atoms in total. The van der Waals surface area contributed by atoms with Crippen molar-refractivity contribution < 1.29 is 47.8 Å². The van der Waals surface area contributed by atoms with Crippen molar-refractivity contribution in [1.29, 1.82) is 0 Å². The lowest BCUT2D eigenvalue weighted by Crippen LogP contribution is -2.29. The Morgan fingerprint density at radius 2 is 0.790 bits per heavy atom. The number of aliphatic hydroxyl groups is 2. The maximum absolute atomic E-state index is 12.7. The molecule has 0 aliphatic rings. The Hall–Kier alpha value is -1.29. The van der Waals surface area contributed by atoms with Crippen molar-refractivity contribution in [3.05, 3.63) is 12.2 Å². The highest BCUT2D eigenvalue weighted by molar-refractivity contribution is 7.47. The molecule has 3 atom stereocenters. The van der Waals surface area contributed by atoms with Crippen LogP contribution in [0.2, 0.25) is 0 Å². The van der Waals surface area contributed by atoms with E-state index in [1.54, 1.807) is 0 Å². The van der Waals surface area contributed by atoms with Crippen LogP contribution in [0.15, 0.2) is 12.2 Å². The fourth-order valence-corrected chi connectivity index (χ4v) is 8.43. The first-order chi connectivity index (χ1) is 30.2. The molecule has 0 aliphatic heterocycles. The minimum Gasteiger partial charge on any atom is -0.462 e. The molecule has 0 aromatic carbocycles. The average Bonchev–Trinajstić information content (AvgIpc) is 3.26. The number of rotatable bonds is 50. The van der Waals surface area contributed by atoms with E-state index in [1.807, 2.05) is 0 Å². The number of carbonyl (C=O) groups excluding carboxylic acids is 2. The standard InChI is InChI=1S/C51H99O10P/c1-3-5-7-9-11-13-15-17-19-21-22-23-24-25-26-27-29-31-33-35-37-39-41-43-51(55)61-49(47-60-62(56,57)59-45-48(53)44-52)46-58-50(54)42-40-38-36-34-32-30-28-20-18-16-14-12-10-8-6-4-2/h21-22,48-49,52-53H,3-20,23-47H2,1-2H3,(H,56,57)/b22-21-. The molecule has 0 amide bonds. The second-order valence-electron chi connectivity index (χ2n) is 17.9. The molecule has 3 unspecified atom stereocenters. The van der Waals surface area contributed by atoms with Crippen molar-refractivity contribution in [3.8, 4) is 0 Å². The number of unbranched alkanes of at least 4 members (excludes halogenated alkanes) is 34. The number of hydrogen-bond acceptors (Lipinski definition) is 9. The van der Waals surface area contributed by atoms with Gasteiger partial charge in [0.15, 0.2) is 6.10 Å². The molecule has 0 aromatic rings. The predicted octanol–water partition coefficient (Wildman–Crippen LogP) is 14.7. The van der Waals surface area contributed by atoms with Crippen LogP contribution in [0, 0.1) is 0 Å². The van der Waals surface area contributed by atoms with Gasteiger partial charge in [-0.25, -0.2) is 4.57 Å². The quantitative estimate of drug-likeness (QED) is 0.0233. The summed E-state index contributed by atoms with van der Waals surface area (Å²) >= 11 is 0. The van der Waals surface area contributed by atoms with E-state index in [1.165, 1.54) is 193 Å². The van der Waals surface area contributed by atoms with E-state index in [4.69, 9.17) is 23.6 Å². The molecule has 0 heterocycles. The third kappa shape index (κ3) is 46.7. The Labute approximate surface area is 381 Å². The number of carbonyl (C=O) groups is 2. The number of phosphoric ester groups is 1. The molecule has 368 valence electrons. The van der Waals surface area contributed by atoms with Crippen molar-refractivity contribution in [3.63, 3.8) is 0 Å². The maximum Gasteiger partial charge on any atom is 0.472 e. The molecule has 0 rings (SSSR count). The number of allylic oxidation sites excluding steroid dienone is 2. The summed E-state index contributed by atoms with van der Waals surface area (Å²) in [6.07, 6.45) is 48.9. The molecule has 62 heavy (non-hydrogen) atoms. The molecule has 0 spiro atoms. The fourth-order valence-electron chi connectivity index (χ4n) is 7.64. The zero-order valence-corrected chi connectivity index (χ0v) is 41.3. The Morgan fingerprint density at radius 3 is 1.16 bits per heavy atom. The summed E-state index contributed by atoms with van der Waals surface area (Å²) < 4.78 is 32.9. The summed E-state index contributed by atoms with van der Waals surface area (Å²) in [4.78, 5) is 35.2. The number of esters is 2. The van der Waals surface area contributed by atoms with Gasteiger partial charge in [0.25, 0.3) is 0 Å². The van der Waals surface area contributed by atoms with Crippen molar-refractivity contribution >= 4 is 19.8 Å². The van der Waals surface area contributed by atoms with Crippen LogP contribution in [0.25, 0.3) is 0 Å². The van der Waals surface area contributed by atoms with Gasteiger partial charge < -0.3 is 24.6 Å². The van der Waals surface area contributed by atoms with E-state index in [0.29, 0.717) is 12.8 Å². The lowest BCUT2D eigenvalue weighted by Gasteiger charge is -2.20. The molecule has 0 saturated heterocycles. The van der Waals surface area contributed by atoms with Gasteiger partial charge in [0.1, 0.15) is 12.7 Å². The minimum absolute atomic E-state index is 0.188. The van der Waals surface area contributed by atoms with Crippen LogP contribution in [0.5, 0.6) is 0 Å². The zero-order valence-electron chi connectivity index (χ0n) is 40.4. The molecule has 0 saturated carbocycles. The largest absolute Gasteiger partial charge is 0.472 e. The topological polar surface area (TPSA) is 149 Å². The van der Waals surface area contributed by atoms with Gasteiger partial charge in [-0.2, -0.15) is 0 Å². The third-order valence-electron chi connectivity index (χ3n) is 11.7.